The first-order valence-corrected chi connectivity index (χ1v) is 6.66. The molecule has 0 atom stereocenters. The fourth-order valence-electron chi connectivity index (χ4n) is 1.53. The zero-order valence-electron chi connectivity index (χ0n) is 10.0. The molecule has 0 aliphatic rings. The molecule has 8 heteroatoms. The van der Waals surface area contributed by atoms with Crippen molar-refractivity contribution in [1.29, 1.82) is 0 Å². The van der Waals surface area contributed by atoms with E-state index in [4.69, 9.17) is 5.14 Å². The zero-order valence-corrected chi connectivity index (χ0v) is 10.8. The first-order valence-electron chi connectivity index (χ1n) is 5.12. The number of aromatic nitrogens is 2. The number of nitrogens with two attached hydrogens (primary N) is 1. The number of H-pyrrole nitrogens is 1. The standard InChI is InChI=1S/C9H16N4O3S/c1-4-5-13(3)9(14)7-8(17(10,15)16)6(2)11-12-7/h4-5H2,1-3H3,(H,11,12)(H2,10,15,16). The predicted octanol–water partition coefficient (Wildman–Crippen LogP) is -0.152. The van der Waals surface area contributed by atoms with Crippen LogP contribution < -0.4 is 5.14 Å². The van der Waals surface area contributed by atoms with Gasteiger partial charge < -0.3 is 4.90 Å². The average Bonchev–Trinajstić information content (AvgIpc) is 2.58. The van der Waals surface area contributed by atoms with Gasteiger partial charge in [-0.3, -0.25) is 9.89 Å². The van der Waals surface area contributed by atoms with Crippen molar-refractivity contribution >= 4 is 15.9 Å². The highest BCUT2D eigenvalue weighted by atomic mass is 32.2. The number of carbonyl (C=O) groups excluding carboxylic acids is 1. The molecule has 1 aromatic rings. The molecule has 0 aliphatic carbocycles. The van der Waals surface area contributed by atoms with Gasteiger partial charge in [-0.1, -0.05) is 6.92 Å². The highest BCUT2D eigenvalue weighted by Gasteiger charge is 2.27. The number of hydrogen-bond acceptors (Lipinski definition) is 4. The Labute approximate surface area is 100 Å². The van der Waals surface area contributed by atoms with Crippen LogP contribution in [0.4, 0.5) is 0 Å². The predicted molar refractivity (Wildman–Crippen MR) is 61.9 cm³/mol. The third-order valence-electron chi connectivity index (χ3n) is 2.28. The van der Waals surface area contributed by atoms with Crippen LogP contribution in [0.1, 0.15) is 29.5 Å². The van der Waals surface area contributed by atoms with E-state index in [0.29, 0.717) is 6.54 Å². The lowest BCUT2D eigenvalue weighted by Gasteiger charge is -2.14. The van der Waals surface area contributed by atoms with Crippen molar-refractivity contribution in [2.75, 3.05) is 13.6 Å². The molecule has 3 N–H and O–H groups in total. The lowest BCUT2D eigenvalue weighted by Crippen LogP contribution is -2.29. The van der Waals surface area contributed by atoms with Crippen LogP contribution in [-0.4, -0.2) is 43.0 Å². The Balaban J connectivity index is 3.21. The number of rotatable bonds is 4. The van der Waals surface area contributed by atoms with E-state index >= 15 is 0 Å². The summed E-state index contributed by atoms with van der Waals surface area (Å²) in [7, 11) is -2.37. The highest BCUT2D eigenvalue weighted by molar-refractivity contribution is 7.89. The Hall–Kier alpha value is -1.41. The number of aromatic amines is 1. The summed E-state index contributed by atoms with van der Waals surface area (Å²) >= 11 is 0. The third-order valence-corrected chi connectivity index (χ3v) is 3.35. The van der Waals surface area contributed by atoms with Crippen LogP contribution in [0.2, 0.25) is 0 Å². The number of nitrogens with one attached hydrogen (secondary N) is 1. The van der Waals surface area contributed by atoms with Crippen LogP contribution in [-0.2, 0) is 10.0 Å². The number of aryl methyl sites for hydroxylation is 1. The van der Waals surface area contributed by atoms with Gasteiger partial charge in [-0.05, 0) is 13.3 Å². The van der Waals surface area contributed by atoms with Gasteiger partial charge in [-0.15, -0.1) is 0 Å². The Bertz CT molecular complexity index is 520. The summed E-state index contributed by atoms with van der Waals surface area (Å²) in [4.78, 5) is 13.1. The number of carbonyl (C=O) groups is 1. The lowest BCUT2D eigenvalue weighted by molar-refractivity contribution is 0.0785. The molecular formula is C9H16N4O3S. The van der Waals surface area contributed by atoms with Crippen molar-refractivity contribution < 1.29 is 13.2 Å². The van der Waals surface area contributed by atoms with Gasteiger partial charge in [-0.2, -0.15) is 5.10 Å². The van der Waals surface area contributed by atoms with Gasteiger partial charge in [0.05, 0.1) is 5.69 Å². The van der Waals surface area contributed by atoms with E-state index in [9.17, 15) is 13.2 Å². The molecule has 1 aromatic heterocycles. The van der Waals surface area contributed by atoms with Crippen molar-refractivity contribution in [3.05, 3.63) is 11.4 Å². The van der Waals surface area contributed by atoms with Crippen LogP contribution in [0.25, 0.3) is 0 Å². The molecule has 0 unspecified atom stereocenters. The Kier molecular flexibility index (Phi) is 3.89. The molecule has 0 aromatic carbocycles. The smallest absolute Gasteiger partial charge is 0.275 e. The second kappa shape index (κ2) is 4.84. The summed E-state index contributed by atoms with van der Waals surface area (Å²) < 4.78 is 22.7. The second-order valence-corrected chi connectivity index (χ2v) is 5.30. The molecule has 0 fully saturated rings. The van der Waals surface area contributed by atoms with E-state index in [2.05, 4.69) is 10.2 Å². The number of primary sulfonamides is 1. The SMILES string of the molecule is CCCN(C)C(=O)c1n[nH]c(C)c1S(N)(=O)=O. The van der Waals surface area contributed by atoms with E-state index < -0.39 is 15.9 Å². The quantitative estimate of drug-likeness (QED) is 0.784. The fourth-order valence-corrected chi connectivity index (χ4v) is 2.40. The van der Waals surface area contributed by atoms with Crippen molar-refractivity contribution in [3.63, 3.8) is 0 Å². The minimum absolute atomic E-state index is 0.152. The molecule has 0 saturated carbocycles. The Morgan fingerprint density at radius 3 is 2.59 bits per heavy atom. The van der Waals surface area contributed by atoms with Crippen LogP contribution >= 0.6 is 0 Å². The van der Waals surface area contributed by atoms with E-state index in [0.717, 1.165) is 6.42 Å². The average molecular weight is 260 g/mol. The summed E-state index contributed by atoms with van der Waals surface area (Å²) in [5.41, 5.74) is 0.113. The Morgan fingerprint density at radius 2 is 2.12 bits per heavy atom. The van der Waals surface area contributed by atoms with Crippen LogP contribution in [0.15, 0.2) is 4.90 Å². The third kappa shape index (κ3) is 2.83. The number of amides is 1. The largest absolute Gasteiger partial charge is 0.340 e. The zero-order chi connectivity index (χ0) is 13.2. The van der Waals surface area contributed by atoms with E-state index in [1.807, 2.05) is 6.92 Å². The van der Waals surface area contributed by atoms with Crippen molar-refractivity contribution in [1.82, 2.24) is 15.1 Å². The summed E-state index contributed by atoms with van der Waals surface area (Å²) in [6, 6.07) is 0. The molecule has 1 heterocycles. The highest BCUT2D eigenvalue weighted by Crippen LogP contribution is 2.17. The van der Waals surface area contributed by atoms with Crippen molar-refractivity contribution in [3.8, 4) is 0 Å². The van der Waals surface area contributed by atoms with Crippen LogP contribution in [0.5, 0.6) is 0 Å². The maximum absolute atomic E-state index is 11.9. The van der Waals surface area contributed by atoms with E-state index in [1.54, 1.807) is 7.05 Å². The summed E-state index contributed by atoms with van der Waals surface area (Å²) in [5.74, 6) is -0.458. The molecule has 0 aliphatic heterocycles. The number of nitrogens with zero attached hydrogens (tertiary/aromatic N) is 2. The molecule has 0 bridgehead atoms. The molecule has 96 valence electrons. The summed E-state index contributed by atoms with van der Waals surface area (Å²) in [6.07, 6.45) is 0.774. The first kappa shape index (κ1) is 13.7. The van der Waals surface area contributed by atoms with Gasteiger partial charge in [0.25, 0.3) is 5.91 Å². The molecule has 17 heavy (non-hydrogen) atoms. The van der Waals surface area contributed by atoms with Gasteiger partial charge in [-0.25, -0.2) is 13.6 Å². The van der Waals surface area contributed by atoms with Gasteiger partial charge in [0, 0.05) is 13.6 Å². The van der Waals surface area contributed by atoms with E-state index in [1.165, 1.54) is 11.8 Å². The topological polar surface area (TPSA) is 109 Å². The lowest BCUT2D eigenvalue weighted by atomic mass is 10.3. The number of hydrogen-bond donors (Lipinski definition) is 2. The van der Waals surface area contributed by atoms with Crippen LogP contribution in [0.3, 0.4) is 0 Å². The maximum atomic E-state index is 11.9. The Morgan fingerprint density at radius 1 is 1.53 bits per heavy atom. The first-order chi connectivity index (χ1) is 7.79. The molecule has 1 rings (SSSR count). The summed E-state index contributed by atoms with van der Waals surface area (Å²) in [5, 5.41) is 11.2. The van der Waals surface area contributed by atoms with E-state index in [-0.39, 0.29) is 16.3 Å². The monoisotopic (exact) mass is 260 g/mol. The van der Waals surface area contributed by atoms with Gasteiger partial charge in [0.1, 0.15) is 4.90 Å². The molecule has 1 amide bonds. The minimum atomic E-state index is -3.96. The fraction of sp³-hybridized carbons (Fsp3) is 0.556. The molecule has 0 radical (unpaired) electrons. The minimum Gasteiger partial charge on any atom is -0.340 e. The van der Waals surface area contributed by atoms with Crippen molar-refractivity contribution in [2.24, 2.45) is 5.14 Å². The summed E-state index contributed by atoms with van der Waals surface area (Å²) in [6.45, 7) is 3.94. The van der Waals surface area contributed by atoms with Gasteiger partial charge in [0.15, 0.2) is 5.69 Å². The van der Waals surface area contributed by atoms with Gasteiger partial charge in [0.2, 0.25) is 10.0 Å². The van der Waals surface area contributed by atoms with Crippen LogP contribution in [0, 0.1) is 6.92 Å². The van der Waals surface area contributed by atoms with Gasteiger partial charge >= 0.3 is 0 Å². The molecular weight excluding hydrogens is 244 g/mol. The normalized spacial score (nSPS) is 11.5. The number of sulfonamides is 1. The second-order valence-electron chi connectivity index (χ2n) is 3.80. The molecule has 7 nitrogen and oxygen atoms in total. The molecule has 0 spiro atoms. The molecule has 0 saturated heterocycles. The van der Waals surface area contributed by atoms with Crippen molar-refractivity contribution in [2.45, 2.75) is 25.2 Å². The maximum Gasteiger partial charge on any atom is 0.275 e.